The van der Waals surface area contributed by atoms with Crippen molar-refractivity contribution in [2.75, 3.05) is 5.75 Å². The zero-order valence-corrected chi connectivity index (χ0v) is 11.6. The predicted molar refractivity (Wildman–Crippen MR) is 75.2 cm³/mol. The molecule has 2 rings (SSSR count). The number of rotatable bonds is 4. The molecule has 1 aromatic carbocycles. The van der Waals surface area contributed by atoms with E-state index in [4.69, 9.17) is 0 Å². The van der Waals surface area contributed by atoms with Crippen LogP contribution >= 0.6 is 11.8 Å². The zero-order chi connectivity index (χ0) is 13.8. The standard InChI is InChI=1S/C15H14FNOS/c1-10-6-11(2)17-15(7-10)19-9-14(18)12-4-3-5-13(16)8-12/h3-8H,9H2,1-2H3. The van der Waals surface area contributed by atoms with Crippen molar-refractivity contribution < 1.29 is 9.18 Å². The lowest BCUT2D eigenvalue weighted by atomic mass is 10.1. The molecule has 0 fully saturated rings. The van der Waals surface area contributed by atoms with Crippen LogP contribution in [0.25, 0.3) is 0 Å². The Kier molecular flexibility index (Phi) is 4.32. The van der Waals surface area contributed by atoms with E-state index in [0.29, 0.717) is 5.56 Å². The number of pyridine rings is 1. The van der Waals surface area contributed by atoms with E-state index in [2.05, 4.69) is 4.98 Å². The Hall–Kier alpha value is -1.68. The lowest BCUT2D eigenvalue weighted by Crippen LogP contribution is -2.03. The molecule has 0 aliphatic rings. The maximum Gasteiger partial charge on any atom is 0.173 e. The molecule has 19 heavy (non-hydrogen) atoms. The molecular weight excluding hydrogens is 261 g/mol. The minimum absolute atomic E-state index is 0.0922. The average Bonchev–Trinajstić information content (AvgIpc) is 2.35. The highest BCUT2D eigenvalue weighted by atomic mass is 32.2. The molecule has 0 saturated carbocycles. The molecule has 0 amide bonds. The number of hydrogen-bond donors (Lipinski definition) is 0. The van der Waals surface area contributed by atoms with Crippen molar-refractivity contribution in [1.29, 1.82) is 0 Å². The Balaban J connectivity index is 2.04. The topological polar surface area (TPSA) is 30.0 Å². The zero-order valence-electron chi connectivity index (χ0n) is 10.8. The summed E-state index contributed by atoms with van der Waals surface area (Å²) in [6, 6.07) is 9.69. The summed E-state index contributed by atoms with van der Waals surface area (Å²) in [5.74, 6) is -0.217. The summed E-state index contributed by atoms with van der Waals surface area (Å²) in [6.45, 7) is 3.92. The highest BCUT2D eigenvalue weighted by Gasteiger charge is 2.08. The first kappa shape index (κ1) is 13.7. The fraction of sp³-hybridized carbons (Fsp3) is 0.200. The van der Waals surface area contributed by atoms with Crippen molar-refractivity contribution >= 4 is 17.5 Å². The van der Waals surface area contributed by atoms with Gasteiger partial charge in [0.2, 0.25) is 0 Å². The molecule has 0 aliphatic heterocycles. The number of carbonyl (C=O) groups excluding carboxylic acids is 1. The molecule has 0 radical (unpaired) electrons. The molecule has 1 heterocycles. The monoisotopic (exact) mass is 275 g/mol. The number of hydrogen-bond acceptors (Lipinski definition) is 3. The van der Waals surface area contributed by atoms with E-state index in [1.165, 1.54) is 23.9 Å². The van der Waals surface area contributed by atoms with Crippen LogP contribution in [0.5, 0.6) is 0 Å². The van der Waals surface area contributed by atoms with Gasteiger partial charge in [0, 0.05) is 11.3 Å². The second-order valence-electron chi connectivity index (χ2n) is 4.35. The van der Waals surface area contributed by atoms with Crippen molar-refractivity contribution in [3.05, 3.63) is 59.0 Å². The molecule has 1 aromatic heterocycles. The minimum Gasteiger partial charge on any atom is -0.293 e. The first-order valence-electron chi connectivity index (χ1n) is 5.91. The SMILES string of the molecule is Cc1cc(C)nc(SCC(=O)c2cccc(F)c2)c1. The van der Waals surface area contributed by atoms with E-state index >= 15 is 0 Å². The largest absolute Gasteiger partial charge is 0.293 e. The van der Waals surface area contributed by atoms with Crippen LogP contribution in [0.4, 0.5) is 4.39 Å². The van der Waals surface area contributed by atoms with Crippen LogP contribution in [-0.2, 0) is 0 Å². The van der Waals surface area contributed by atoms with Gasteiger partial charge >= 0.3 is 0 Å². The van der Waals surface area contributed by atoms with Crippen molar-refractivity contribution in [2.45, 2.75) is 18.9 Å². The summed E-state index contributed by atoms with van der Waals surface area (Å²) in [5, 5.41) is 0.822. The lowest BCUT2D eigenvalue weighted by molar-refractivity contribution is 0.102. The van der Waals surface area contributed by atoms with E-state index in [1.807, 2.05) is 26.0 Å². The summed E-state index contributed by atoms with van der Waals surface area (Å²) < 4.78 is 13.0. The Morgan fingerprint density at radius 3 is 2.74 bits per heavy atom. The maximum absolute atomic E-state index is 13.0. The van der Waals surface area contributed by atoms with Gasteiger partial charge in [-0.1, -0.05) is 23.9 Å². The van der Waals surface area contributed by atoms with Crippen LogP contribution in [0, 0.1) is 19.7 Å². The molecule has 0 atom stereocenters. The third kappa shape index (κ3) is 3.89. The molecule has 98 valence electrons. The van der Waals surface area contributed by atoms with E-state index in [0.717, 1.165) is 16.3 Å². The van der Waals surface area contributed by atoms with Gasteiger partial charge in [-0.25, -0.2) is 9.37 Å². The number of aromatic nitrogens is 1. The van der Waals surface area contributed by atoms with Crippen molar-refractivity contribution in [2.24, 2.45) is 0 Å². The van der Waals surface area contributed by atoms with Crippen LogP contribution < -0.4 is 0 Å². The quantitative estimate of drug-likeness (QED) is 0.627. The summed E-state index contributed by atoms with van der Waals surface area (Å²) >= 11 is 1.37. The summed E-state index contributed by atoms with van der Waals surface area (Å²) in [6.07, 6.45) is 0. The summed E-state index contributed by atoms with van der Waals surface area (Å²) in [5.41, 5.74) is 2.45. The number of nitrogens with zero attached hydrogens (tertiary/aromatic N) is 1. The fourth-order valence-electron chi connectivity index (χ4n) is 1.76. The summed E-state index contributed by atoms with van der Waals surface area (Å²) in [7, 11) is 0. The smallest absolute Gasteiger partial charge is 0.173 e. The van der Waals surface area contributed by atoms with Crippen LogP contribution in [0.15, 0.2) is 41.4 Å². The van der Waals surface area contributed by atoms with Gasteiger partial charge in [-0.2, -0.15) is 0 Å². The molecule has 0 bridgehead atoms. The van der Waals surface area contributed by atoms with Crippen LogP contribution in [-0.4, -0.2) is 16.5 Å². The second-order valence-corrected chi connectivity index (χ2v) is 5.34. The minimum atomic E-state index is -0.389. The van der Waals surface area contributed by atoms with Crippen molar-refractivity contribution in [3.8, 4) is 0 Å². The van der Waals surface area contributed by atoms with E-state index in [9.17, 15) is 9.18 Å². The van der Waals surface area contributed by atoms with Crippen LogP contribution in [0.2, 0.25) is 0 Å². The second kappa shape index (κ2) is 5.97. The molecule has 4 heteroatoms. The number of Topliss-reactive ketones (excluding diaryl/α,β-unsaturated/α-hetero) is 1. The lowest BCUT2D eigenvalue weighted by Gasteiger charge is -2.04. The molecule has 0 N–H and O–H groups in total. The van der Waals surface area contributed by atoms with Crippen molar-refractivity contribution in [3.63, 3.8) is 0 Å². The highest BCUT2D eigenvalue weighted by molar-refractivity contribution is 7.99. The number of halogens is 1. The van der Waals surface area contributed by atoms with E-state index in [-0.39, 0.29) is 17.4 Å². The van der Waals surface area contributed by atoms with Crippen LogP contribution in [0.3, 0.4) is 0 Å². The predicted octanol–water partition coefficient (Wildman–Crippen LogP) is 3.81. The highest BCUT2D eigenvalue weighted by Crippen LogP contribution is 2.19. The number of benzene rings is 1. The molecular formula is C15H14FNOS. The molecule has 0 unspecified atom stereocenters. The van der Waals surface area contributed by atoms with Crippen molar-refractivity contribution in [1.82, 2.24) is 4.98 Å². The van der Waals surface area contributed by atoms with Gasteiger partial charge in [-0.3, -0.25) is 4.79 Å². The molecule has 0 aliphatic carbocycles. The maximum atomic E-state index is 13.0. The van der Waals surface area contributed by atoms with Crippen LogP contribution in [0.1, 0.15) is 21.6 Å². The van der Waals surface area contributed by atoms with Gasteiger partial charge in [-0.15, -0.1) is 0 Å². The van der Waals surface area contributed by atoms with Gasteiger partial charge in [-0.05, 0) is 43.7 Å². The number of carbonyl (C=O) groups is 1. The van der Waals surface area contributed by atoms with Gasteiger partial charge in [0.25, 0.3) is 0 Å². The van der Waals surface area contributed by atoms with Gasteiger partial charge in [0.15, 0.2) is 5.78 Å². The van der Waals surface area contributed by atoms with E-state index in [1.54, 1.807) is 12.1 Å². The van der Waals surface area contributed by atoms with Gasteiger partial charge in [0.1, 0.15) is 5.82 Å². The molecule has 0 spiro atoms. The van der Waals surface area contributed by atoms with Gasteiger partial charge in [0.05, 0.1) is 10.8 Å². The molecule has 2 nitrogen and oxygen atoms in total. The first-order valence-corrected chi connectivity index (χ1v) is 6.90. The number of ketones is 1. The Morgan fingerprint density at radius 1 is 1.26 bits per heavy atom. The Bertz CT molecular complexity index is 593. The normalized spacial score (nSPS) is 10.5. The van der Waals surface area contributed by atoms with Gasteiger partial charge < -0.3 is 0 Å². The third-order valence-corrected chi connectivity index (χ3v) is 3.48. The number of thioether (sulfide) groups is 1. The molecule has 2 aromatic rings. The summed E-state index contributed by atoms with van der Waals surface area (Å²) in [4.78, 5) is 16.3. The number of aryl methyl sites for hydroxylation is 2. The molecule has 0 saturated heterocycles. The average molecular weight is 275 g/mol. The van der Waals surface area contributed by atoms with E-state index < -0.39 is 0 Å². The first-order chi connectivity index (χ1) is 9.04. The Morgan fingerprint density at radius 2 is 2.05 bits per heavy atom. The third-order valence-electron chi connectivity index (χ3n) is 2.57. The fourth-order valence-corrected chi connectivity index (χ4v) is 2.69. The Labute approximate surface area is 116 Å².